The zero-order valence-corrected chi connectivity index (χ0v) is 8.06. The molecule has 0 spiro atoms. The van der Waals surface area contributed by atoms with E-state index < -0.39 is 0 Å². The maximum Gasteiger partial charge on any atom is 0.149 e. The highest BCUT2D eigenvalue weighted by Gasteiger charge is 2.16. The summed E-state index contributed by atoms with van der Waals surface area (Å²) in [6.45, 7) is 2.23. The lowest BCUT2D eigenvalue weighted by molar-refractivity contribution is 0.608. The van der Waals surface area contributed by atoms with E-state index >= 15 is 0 Å². The van der Waals surface area contributed by atoms with E-state index in [0.717, 1.165) is 24.7 Å². The third-order valence-electron chi connectivity index (χ3n) is 2.25. The Balaban J connectivity index is 2.21. The van der Waals surface area contributed by atoms with E-state index in [1.807, 2.05) is 25.2 Å². The minimum atomic E-state index is 0.921. The van der Waals surface area contributed by atoms with Crippen molar-refractivity contribution in [3.05, 3.63) is 12.4 Å². The molecular formula is C9H14N4. The lowest BCUT2D eigenvalue weighted by Crippen LogP contribution is -2.37. The Morgan fingerprint density at radius 3 is 2.62 bits per heavy atom. The van der Waals surface area contributed by atoms with Gasteiger partial charge in [-0.2, -0.15) is 0 Å². The molecule has 4 heteroatoms. The molecule has 2 rings (SSSR count). The van der Waals surface area contributed by atoms with Crippen molar-refractivity contribution in [3.8, 4) is 0 Å². The SMILES string of the molecule is CN(C)c1cncc(N2CCC2)n1. The first-order chi connectivity index (χ1) is 6.27. The van der Waals surface area contributed by atoms with Crippen molar-refractivity contribution < 1.29 is 0 Å². The van der Waals surface area contributed by atoms with E-state index in [1.165, 1.54) is 6.42 Å². The molecule has 1 saturated heterocycles. The van der Waals surface area contributed by atoms with Gasteiger partial charge in [-0.1, -0.05) is 0 Å². The van der Waals surface area contributed by atoms with Crippen LogP contribution in [0.4, 0.5) is 11.6 Å². The summed E-state index contributed by atoms with van der Waals surface area (Å²) in [5.41, 5.74) is 0. The van der Waals surface area contributed by atoms with Crippen LogP contribution in [0, 0.1) is 0 Å². The van der Waals surface area contributed by atoms with Crippen LogP contribution in [-0.4, -0.2) is 37.2 Å². The third kappa shape index (κ3) is 1.56. The van der Waals surface area contributed by atoms with Gasteiger partial charge >= 0.3 is 0 Å². The quantitative estimate of drug-likeness (QED) is 0.669. The van der Waals surface area contributed by atoms with Crippen LogP contribution in [0.2, 0.25) is 0 Å². The zero-order chi connectivity index (χ0) is 9.26. The van der Waals surface area contributed by atoms with Gasteiger partial charge in [0.25, 0.3) is 0 Å². The lowest BCUT2D eigenvalue weighted by atomic mass is 10.2. The van der Waals surface area contributed by atoms with Gasteiger partial charge in [-0.05, 0) is 6.42 Å². The molecule has 0 saturated carbocycles. The standard InChI is InChI=1S/C9H14N4/c1-12(2)8-6-10-7-9(11-8)13-4-3-5-13/h6-7H,3-5H2,1-2H3. The summed E-state index contributed by atoms with van der Waals surface area (Å²) in [6, 6.07) is 0. The molecule has 70 valence electrons. The molecule has 1 aromatic heterocycles. The van der Waals surface area contributed by atoms with E-state index in [0.29, 0.717) is 0 Å². The van der Waals surface area contributed by atoms with Gasteiger partial charge in [0.1, 0.15) is 11.6 Å². The molecule has 0 atom stereocenters. The first-order valence-corrected chi connectivity index (χ1v) is 4.52. The van der Waals surface area contributed by atoms with Crippen LogP contribution < -0.4 is 9.80 Å². The number of rotatable bonds is 2. The lowest BCUT2D eigenvalue weighted by Gasteiger charge is -2.32. The van der Waals surface area contributed by atoms with Crippen molar-refractivity contribution in [2.75, 3.05) is 37.0 Å². The van der Waals surface area contributed by atoms with Crippen molar-refractivity contribution in [1.82, 2.24) is 9.97 Å². The van der Waals surface area contributed by atoms with Crippen molar-refractivity contribution in [3.63, 3.8) is 0 Å². The first kappa shape index (κ1) is 8.29. The van der Waals surface area contributed by atoms with Gasteiger partial charge < -0.3 is 9.80 Å². The minimum Gasteiger partial charge on any atom is -0.361 e. The van der Waals surface area contributed by atoms with Crippen LogP contribution in [0.25, 0.3) is 0 Å². The van der Waals surface area contributed by atoms with Gasteiger partial charge in [0.15, 0.2) is 0 Å². The summed E-state index contributed by atoms with van der Waals surface area (Å²) >= 11 is 0. The van der Waals surface area contributed by atoms with E-state index in [4.69, 9.17) is 0 Å². The fraction of sp³-hybridized carbons (Fsp3) is 0.556. The predicted molar refractivity (Wildman–Crippen MR) is 53.2 cm³/mol. The maximum atomic E-state index is 4.48. The van der Waals surface area contributed by atoms with Crippen molar-refractivity contribution in [2.45, 2.75) is 6.42 Å². The first-order valence-electron chi connectivity index (χ1n) is 4.52. The Morgan fingerprint density at radius 1 is 1.31 bits per heavy atom. The molecule has 1 aliphatic heterocycles. The Hall–Kier alpha value is -1.32. The fourth-order valence-corrected chi connectivity index (χ4v) is 1.26. The topological polar surface area (TPSA) is 32.3 Å². The van der Waals surface area contributed by atoms with Crippen LogP contribution in [-0.2, 0) is 0 Å². The molecule has 0 bridgehead atoms. The van der Waals surface area contributed by atoms with Gasteiger partial charge in [0.05, 0.1) is 12.4 Å². The van der Waals surface area contributed by atoms with Gasteiger partial charge in [-0.3, -0.25) is 4.98 Å². The second kappa shape index (κ2) is 3.20. The molecule has 0 N–H and O–H groups in total. The summed E-state index contributed by atoms with van der Waals surface area (Å²) in [6.07, 6.45) is 4.88. The average Bonchev–Trinajstić information content (AvgIpc) is 2.01. The molecule has 1 aliphatic rings. The molecule has 13 heavy (non-hydrogen) atoms. The van der Waals surface area contributed by atoms with Crippen LogP contribution in [0.15, 0.2) is 12.4 Å². The molecule has 2 heterocycles. The van der Waals surface area contributed by atoms with Crippen LogP contribution in [0.1, 0.15) is 6.42 Å². The summed E-state index contributed by atoms with van der Waals surface area (Å²) < 4.78 is 0. The van der Waals surface area contributed by atoms with Crippen molar-refractivity contribution in [2.24, 2.45) is 0 Å². The number of anilines is 2. The molecule has 0 radical (unpaired) electrons. The third-order valence-corrected chi connectivity index (χ3v) is 2.25. The Kier molecular flexibility index (Phi) is 2.04. The van der Waals surface area contributed by atoms with E-state index in [2.05, 4.69) is 14.9 Å². The number of hydrogen-bond donors (Lipinski definition) is 0. The largest absolute Gasteiger partial charge is 0.361 e. The molecule has 0 aliphatic carbocycles. The minimum absolute atomic E-state index is 0.921. The fourth-order valence-electron chi connectivity index (χ4n) is 1.26. The number of nitrogens with zero attached hydrogens (tertiary/aromatic N) is 4. The highest BCUT2D eigenvalue weighted by molar-refractivity contribution is 5.45. The van der Waals surface area contributed by atoms with Crippen LogP contribution in [0.5, 0.6) is 0 Å². The number of aromatic nitrogens is 2. The predicted octanol–water partition coefficient (Wildman–Crippen LogP) is 0.753. The van der Waals surface area contributed by atoms with Gasteiger partial charge in [-0.25, -0.2) is 4.98 Å². The number of hydrogen-bond acceptors (Lipinski definition) is 4. The second-order valence-electron chi connectivity index (χ2n) is 3.47. The van der Waals surface area contributed by atoms with E-state index in [1.54, 1.807) is 6.20 Å². The van der Waals surface area contributed by atoms with Gasteiger partial charge in [0, 0.05) is 27.2 Å². The van der Waals surface area contributed by atoms with Gasteiger partial charge in [0.2, 0.25) is 0 Å². The second-order valence-corrected chi connectivity index (χ2v) is 3.47. The Labute approximate surface area is 78.2 Å². The molecule has 0 aromatic carbocycles. The highest BCUT2D eigenvalue weighted by Crippen LogP contribution is 2.18. The molecular weight excluding hydrogens is 164 g/mol. The highest BCUT2D eigenvalue weighted by atomic mass is 15.3. The summed E-state index contributed by atoms with van der Waals surface area (Å²) in [7, 11) is 3.95. The molecule has 1 aromatic rings. The average molecular weight is 178 g/mol. The molecule has 0 amide bonds. The maximum absolute atomic E-state index is 4.48. The van der Waals surface area contributed by atoms with Gasteiger partial charge in [-0.15, -0.1) is 0 Å². The van der Waals surface area contributed by atoms with Crippen LogP contribution >= 0.6 is 0 Å². The normalized spacial score (nSPS) is 15.4. The van der Waals surface area contributed by atoms with Crippen LogP contribution in [0.3, 0.4) is 0 Å². The monoisotopic (exact) mass is 178 g/mol. The smallest absolute Gasteiger partial charge is 0.149 e. The van der Waals surface area contributed by atoms with Crippen molar-refractivity contribution >= 4 is 11.6 Å². The molecule has 4 nitrogen and oxygen atoms in total. The van der Waals surface area contributed by atoms with E-state index in [-0.39, 0.29) is 0 Å². The summed E-state index contributed by atoms with van der Waals surface area (Å²) in [5, 5.41) is 0. The summed E-state index contributed by atoms with van der Waals surface area (Å²) in [5.74, 6) is 1.92. The zero-order valence-electron chi connectivity index (χ0n) is 8.06. The molecule has 0 unspecified atom stereocenters. The van der Waals surface area contributed by atoms with E-state index in [9.17, 15) is 0 Å². The molecule has 1 fully saturated rings. The summed E-state index contributed by atoms with van der Waals surface area (Å²) in [4.78, 5) is 12.9. The Bertz CT molecular complexity index is 293. The van der Waals surface area contributed by atoms with Crippen molar-refractivity contribution in [1.29, 1.82) is 0 Å². The Morgan fingerprint density at radius 2 is 2.08 bits per heavy atom.